The monoisotopic (exact) mass is 419 g/mol. The lowest BCUT2D eigenvalue weighted by Crippen LogP contribution is -2.60. The summed E-state index contributed by atoms with van der Waals surface area (Å²) < 4.78 is 2.43. The second-order valence-electron chi connectivity index (χ2n) is 8.81. The van der Waals surface area contributed by atoms with Crippen molar-refractivity contribution >= 4 is 51.1 Å². The van der Waals surface area contributed by atoms with Crippen molar-refractivity contribution in [2.24, 2.45) is 0 Å². The molecule has 0 radical (unpaired) electrons. The van der Waals surface area contributed by atoms with E-state index in [2.05, 4.69) is 113 Å². The number of para-hydroxylation sites is 3. The number of aromatic nitrogens is 2. The first-order valence-electron chi connectivity index (χ1n) is 11.4. The third kappa shape index (κ3) is 2.08. The molecule has 0 amide bonds. The van der Waals surface area contributed by atoms with Gasteiger partial charge in [0.05, 0.1) is 16.6 Å². The van der Waals surface area contributed by atoms with Crippen LogP contribution in [0, 0.1) is 0 Å². The van der Waals surface area contributed by atoms with Gasteiger partial charge in [-0.25, -0.2) is 0 Å². The van der Waals surface area contributed by atoms with E-state index in [-0.39, 0.29) is 6.85 Å². The van der Waals surface area contributed by atoms with E-state index in [1.807, 2.05) is 6.20 Å². The SMILES string of the molecule is c1ccc(N2B3c4c(cccc4-n4c5ccccc5c5nccc3c54)-c3ccccc32)cc1. The van der Waals surface area contributed by atoms with Crippen LogP contribution < -0.4 is 15.7 Å². The topological polar surface area (TPSA) is 21.1 Å². The Balaban J connectivity index is 1.60. The number of hydrogen-bond donors (Lipinski definition) is 0. The second kappa shape index (κ2) is 6.14. The van der Waals surface area contributed by atoms with E-state index in [0.29, 0.717) is 0 Å². The molecule has 2 aliphatic heterocycles. The lowest BCUT2D eigenvalue weighted by Gasteiger charge is -2.41. The summed E-state index contributed by atoms with van der Waals surface area (Å²) in [6.07, 6.45) is 1.98. The summed E-state index contributed by atoms with van der Waals surface area (Å²) in [7, 11) is 0. The maximum absolute atomic E-state index is 4.86. The van der Waals surface area contributed by atoms with Gasteiger partial charge in [-0.3, -0.25) is 4.98 Å². The highest BCUT2D eigenvalue weighted by Gasteiger charge is 2.43. The van der Waals surface area contributed by atoms with Gasteiger partial charge in [0.15, 0.2) is 0 Å². The van der Waals surface area contributed by atoms with E-state index in [9.17, 15) is 0 Å². The van der Waals surface area contributed by atoms with Gasteiger partial charge >= 0.3 is 6.85 Å². The third-order valence-corrected chi connectivity index (χ3v) is 7.22. The third-order valence-electron chi connectivity index (χ3n) is 7.22. The average Bonchev–Trinajstić information content (AvgIpc) is 3.23. The van der Waals surface area contributed by atoms with Gasteiger partial charge in [-0.05, 0) is 52.9 Å². The van der Waals surface area contributed by atoms with Crippen molar-refractivity contribution < 1.29 is 0 Å². The zero-order chi connectivity index (χ0) is 21.5. The summed E-state index contributed by atoms with van der Waals surface area (Å²) in [5.41, 5.74) is 12.4. The van der Waals surface area contributed by atoms with Crippen LogP contribution in [0.2, 0.25) is 0 Å². The minimum atomic E-state index is 0.0795. The minimum absolute atomic E-state index is 0.0795. The molecule has 4 aromatic carbocycles. The Labute approximate surface area is 191 Å². The van der Waals surface area contributed by atoms with Crippen LogP contribution in [0.5, 0.6) is 0 Å². The highest BCUT2D eigenvalue weighted by Crippen LogP contribution is 2.43. The molecule has 0 bridgehead atoms. The first-order valence-corrected chi connectivity index (χ1v) is 11.4. The Morgan fingerprint density at radius 2 is 1.39 bits per heavy atom. The smallest absolute Gasteiger partial charge is 0.333 e. The van der Waals surface area contributed by atoms with Crippen LogP contribution in [0.3, 0.4) is 0 Å². The van der Waals surface area contributed by atoms with Gasteiger partial charge in [-0.2, -0.15) is 0 Å². The van der Waals surface area contributed by atoms with E-state index in [1.54, 1.807) is 0 Å². The normalized spacial score (nSPS) is 13.3. The Morgan fingerprint density at radius 3 is 2.33 bits per heavy atom. The largest absolute Gasteiger partial charge is 0.376 e. The Kier molecular flexibility index (Phi) is 3.21. The molecule has 8 rings (SSSR count). The molecule has 0 spiro atoms. The average molecular weight is 419 g/mol. The fourth-order valence-corrected chi connectivity index (χ4v) is 5.98. The molecule has 0 N–H and O–H groups in total. The molecule has 4 heteroatoms. The van der Waals surface area contributed by atoms with Crippen molar-refractivity contribution in [3.63, 3.8) is 0 Å². The van der Waals surface area contributed by atoms with Crippen LogP contribution >= 0.6 is 0 Å². The number of hydrogen-bond acceptors (Lipinski definition) is 2. The maximum Gasteiger partial charge on any atom is 0.333 e. The summed E-state index contributed by atoms with van der Waals surface area (Å²) in [4.78, 5) is 7.37. The van der Waals surface area contributed by atoms with Crippen molar-refractivity contribution in [3.8, 4) is 16.8 Å². The van der Waals surface area contributed by atoms with E-state index in [0.717, 1.165) is 5.52 Å². The molecule has 0 unspecified atom stereocenters. The van der Waals surface area contributed by atoms with Crippen LogP contribution in [0.4, 0.5) is 11.4 Å². The molecule has 152 valence electrons. The Bertz CT molecular complexity index is 1740. The second-order valence-corrected chi connectivity index (χ2v) is 8.81. The van der Waals surface area contributed by atoms with E-state index in [4.69, 9.17) is 4.98 Å². The molecule has 0 aliphatic carbocycles. The number of fused-ring (bicyclic) bond motifs is 7. The zero-order valence-electron chi connectivity index (χ0n) is 17.8. The predicted molar refractivity (Wildman–Crippen MR) is 138 cm³/mol. The fraction of sp³-hybridized carbons (Fsp3) is 0. The van der Waals surface area contributed by atoms with Gasteiger partial charge in [0.1, 0.15) is 0 Å². The predicted octanol–water partition coefficient (Wildman–Crippen LogP) is 5.42. The Morgan fingerprint density at radius 1 is 0.636 bits per heavy atom. The van der Waals surface area contributed by atoms with Crippen molar-refractivity contribution in [2.75, 3.05) is 4.81 Å². The van der Waals surface area contributed by atoms with Gasteiger partial charge in [-0.15, -0.1) is 0 Å². The minimum Gasteiger partial charge on any atom is -0.376 e. The van der Waals surface area contributed by atoms with E-state index < -0.39 is 0 Å². The number of nitrogens with zero attached hydrogens (tertiary/aromatic N) is 3. The molecule has 6 aromatic rings. The number of pyridine rings is 1. The van der Waals surface area contributed by atoms with Gasteiger partial charge < -0.3 is 9.38 Å². The quantitative estimate of drug-likeness (QED) is 0.332. The van der Waals surface area contributed by atoms with Gasteiger partial charge in [0.2, 0.25) is 0 Å². The van der Waals surface area contributed by atoms with Crippen molar-refractivity contribution in [1.29, 1.82) is 0 Å². The molecule has 0 saturated carbocycles. The van der Waals surface area contributed by atoms with Crippen molar-refractivity contribution in [2.45, 2.75) is 0 Å². The van der Waals surface area contributed by atoms with Gasteiger partial charge in [-0.1, -0.05) is 66.7 Å². The lowest BCUT2D eigenvalue weighted by molar-refractivity contribution is 1.18. The fourth-order valence-electron chi connectivity index (χ4n) is 5.98. The van der Waals surface area contributed by atoms with Crippen LogP contribution in [-0.4, -0.2) is 16.4 Å². The number of anilines is 2. The summed E-state index contributed by atoms with van der Waals surface area (Å²) in [6, 6.07) is 37.2. The lowest BCUT2D eigenvalue weighted by atomic mass is 9.44. The first kappa shape index (κ1) is 17.3. The van der Waals surface area contributed by atoms with E-state index in [1.165, 1.54) is 55.5 Å². The standard InChI is InChI=1S/C29H18BN3/c1-2-9-19(10-3-1)33-25-15-7-4-11-20(25)21-13-8-16-26-27(21)30(33)23-17-18-31-28-22-12-5-6-14-24(22)32(26)29(23)28/h1-18H. The van der Waals surface area contributed by atoms with E-state index >= 15 is 0 Å². The van der Waals surface area contributed by atoms with Crippen LogP contribution in [0.15, 0.2) is 109 Å². The highest BCUT2D eigenvalue weighted by molar-refractivity contribution is 6.93. The van der Waals surface area contributed by atoms with Crippen molar-refractivity contribution in [1.82, 2.24) is 9.55 Å². The molecular formula is C29H18BN3. The van der Waals surface area contributed by atoms with Crippen LogP contribution in [-0.2, 0) is 0 Å². The molecule has 0 atom stereocenters. The molecule has 33 heavy (non-hydrogen) atoms. The maximum atomic E-state index is 4.86. The van der Waals surface area contributed by atoms with Crippen LogP contribution in [0.1, 0.15) is 0 Å². The molecule has 0 saturated heterocycles. The first-order chi connectivity index (χ1) is 16.4. The van der Waals surface area contributed by atoms with Crippen molar-refractivity contribution in [3.05, 3.63) is 109 Å². The molecule has 0 fully saturated rings. The molecule has 2 aliphatic rings. The summed E-state index contributed by atoms with van der Waals surface area (Å²) in [6.45, 7) is 0.0795. The van der Waals surface area contributed by atoms with Gasteiger partial charge in [0.25, 0.3) is 0 Å². The molecule has 4 heterocycles. The summed E-state index contributed by atoms with van der Waals surface area (Å²) in [5, 5.41) is 1.20. The van der Waals surface area contributed by atoms with Crippen LogP contribution in [0.25, 0.3) is 38.8 Å². The molecule has 3 nitrogen and oxygen atoms in total. The molecular weight excluding hydrogens is 401 g/mol. The Hall–Kier alpha value is -4.31. The van der Waals surface area contributed by atoms with Gasteiger partial charge in [0, 0.05) is 34.2 Å². The summed E-state index contributed by atoms with van der Waals surface area (Å²) in [5.74, 6) is 0. The number of rotatable bonds is 1. The summed E-state index contributed by atoms with van der Waals surface area (Å²) >= 11 is 0. The number of benzene rings is 4. The zero-order valence-corrected chi connectivity index (χ0v) is 17.8. The molecule has 2 aromatic heterocycles. The highest BCUT2D eigenvalue weighted by atomic mass is 15.1.